The van der Waals surface area contributed by atoms with Gasteiger partial charge in [-0.25, -0.2) is 51.0 Å². The van der Waals surface area contributed by atoms with E-state index in [1.165, 1.54) is 68.5 Å². The molecule has 22 nitrogen and oxygen atoms in total. The minimum Gasteiger partial charge on any atom is -1.00 e. The number of carboxylic acids is 1. The molecule has 28 heteroatoms. The molecule has 0 unspecified atom stereocenters. The maximum Gasteiger partial charge on any atom is 1.00 e. The summed E-state index contributed by atoms with van der Waals surface area (Å²) < 4.78 is 93.4. The molecule has 2 aliphatic heterocycles. The molecule has 4 aromatic rings. The molecule has 6 rings (SSSR count). The second-order valence-corrected chi connectivity index (χ2v) is 24.2. The molecule has 0 aliphatic carbocycles. The van der Waals surface area contributed by atoms with Gasteiger partial charge in [0.25, 0.3) is 9.84 Å². The fourth-order valence-electron chi connectivity index (χ4n) is 4.81. The van der Waals surface area contributed by atoms with E-state index in [9.17, 15) is 44.4 Å². The quantitative estimate of drug-likeness (QED) is 0.0749. The summed E-state index contributed by atoms with van der Waals surface area (Å²) >= 11 is 0. The molecule has 0 bridgehead atoms. The van der Waals surface area contributed by atoms with Crippen LogP contribution >= 0.6 is 12.4 Å². The van der Waals surface area contributed by atoms with Crippen LogP contribution in [-0.4, -0.2) is 134 Å². The first-order valence-corrected chi connectivity index (χ1v) is 27.6. The van der Waals surface area contributed by atoms with Crippen molar-refractivity contribution in [2.24, 2.45) is 0 Å². The number of nitrogens with zero attached hydrogens (tertiary/aromatic N) is 3. The zero-order chi connectivity index (χ0) is 55.6. The zero-order valence-electron chi connectivity index (χ0n) is 48.9. The molecule has 1 aromatic carbocycles. The summed E-state index contributed by atoms with van der Waals surface area (Å²) in [5.74, 6) is -2.81. The normalized spacial score (nSPS) is 12.0. The van der Waals surface area contributed by atoms with E-state index < -0.39 is 64.5 Å². The second kappa shape index (κ2) is 44.4. The number of hydrogen-bond donors (Lipinski definition) is 3. The van der Waals surface area contributed by atoms with Crippen molar-refractivity contribution in [2.45, 2.75) is 131 Å². The van der Waals surface area contributed by atoms with Crippen molar-refractivity contribution in [2.75, 3.05) is 44.8 Å². The summed E-state index contributed by atoms with van der Waals surface area (Å²) in [5, 5.41) is 8.46. The molecular formula is C51H88ClKN5NaO17S3. The summed E-state index contributed by atoms with van der Waals surface area (Å²) in [5.41, 5.74) is 0.330. The summed E-state index contributed by atoms with van der Waals surface area (Å²) in [6.45, 7) is 31.9. The van der Waals surface area contributed by atoms with Crippen molar-refractivity contribution in [3.63, 3.8) is 0 Å². The van der Waals surface area contributed by atoms with Crippen LogP contribution in [0.5, 0.6) is 0 Å². The van der Waals surface area contributed by atoms with Crippen LogP contribution < -0.4 is 87.1 Å². The number of esters is 3. The number of aromatic carboxylic acids is 1. The number of nitrogens with one attached hydrogen (secondary N) is 1. The minimum absolute atomic E-state index is 0. The Hall–Kier alpha value is -3.21. The van der Waals surface area contributed by atoms with Gasteiger partial charge in [-0.05, 0) is 125 Å². The monoisotopic (exact) mass is 1240 g/mol. The number of carbonyl (C=O) groups excluding carboxylic acids is 3. The number of carboxylic acid groups (broad SMARTS) is 1. The van der Waals surface area contributed by atoms with Crippen molar-refractivity contribution < 1.29 is 162 Å². The number of sulfone groups is 1. The van der Waals surface area contributed by atoms with Gasteiger partial charge in [0.05, 0.1) is 34.1 Å². The van der Waals surface area contributed by atoms with E-state index in [0.29, 0.717) is 5.56 Å². The molecule has 0 spiro atoms. The van der Waals surface area contributed by atoms with Crippen LogP contribution in [0.2, 0.25) is 0 Å². The van der Waals surface area contributed by atoms with Crippen molar-refractivity contribution in [1.29, 1.82) is 0 Å². The molecule has 0 amide bonds. The number of H-pyrrole nitrogens is 1. The number of halogens is 1. The van der Waals surface area contributed by atoms with E-state index in [1.54, 1.807) is 51.4 Å². The Balaban J connectivity index is -0.0000000912. The van der Waals surface area contributed by atoms with E-state index in [4.69, 9.17) is 35.4 Å². The molecule has 0 atom stereocenters. The summed E-state index contributed by atoms with van der Waals surface area (Å²) in [7, 11) is -10.1. The van der Waals surface area contributed by atoms with Crippen LogP contribution in [0, 0.1) is 13.5 Å². The number of hydrogen-bond acceptors (Lipinski definition) is 16. The van der Waals surface area contributed by atoms with Gasteiger partial charge in [-0.2, -0.15) is 0 Å². The van der Waals surface area contributed by atoms with Crippen LogP contribution in [-0.2, 0) is 58.4 Å². The van der Waals surface area contributed by atoms with Crippen LogP contribution in [0.3, 0.4) is 0 Å². The van der Waals surface area contributed by atoms with Crippen molar-refractivity contribution in [3.05, 3.63) is 126 Å². The van der Waals surface area contributed by atoms with Crippen molar-refractivity contribution >= 4 is 66.2 Å². The van der Waals surface area contributed by atoms with Gasteiger partial charge >= 0.3 is 111 Å². The molecular weight excluding hydrogens is 1150 g/mol. The molecule has 0 saturated carbocycles. The molecule has 5 heterocycles. The van der Waals surface area contributed by atoms with Gasteiger partial charge in [-0.1, -0.05) is 39.1 Å². The van der Waals surface area contributed by atoms with Crippen LogP contribution in [0.25, 0.3) is 4.85 Å². The molecule has 79 heavy (non-hydrogen) atoms. The maximum absolute atomic E-state index is 11.6. The Kier molecular flexibility index (Phi) is 51.8. The minimum atomic E-state index is -3.38. The summed E-state index contributed by atoms with van der Waals surface area (Å²) in [4.78, 5) is 49.6. The first kappa shape index (κ1) is 92.2. The topological polar surface area (TPSA) is 334 Å². The third-order valence-electron chi connectivity index (χ3n) is 8.06. The number of benzene rings is 1. The van der Waals surface area contributed by atoms with Gasteiger partial charge in [0.15, 0.2) is 0 Å². The fraction of sp³-hybridized carbons (Fsp3) is 0.510. The van der Waals surface area contributed by atoms with E-state index in [0.717, 1.165) is 64.7 Å². The predicted molar refractivity (Wildman–Crippen MR) is 305 cm³/mol. The van der Waals surface area contributed by atoms with Crippen molar-refractivity contribution in [1.82, 2.24) is 19.1 Å². The molecule has 7 N–H and O–H groups in total. The average Bonchev–Trinajstić information content (AvgIpc) is 4.09. The van der Waals surface area contributed by atoms with Gasteiger partial charge in [-0.15, -0.1) is 12.4 Å². The average molecular weight is 1240 g/mol. The van der Waals surface area contributed by atoms with E-state index in [2.05, 4.69) is 16.4 Å². The second-order valence-electron chi connectivity index (χ2n) is 18.5. The van der Waals surface area contributed by atoms with E-state index in [1.807, 2.05) is 48.5 Å². The van der Waals surface area contributed by atoms with Crippen LogP contribution in [0.1, 0.15) is 142 Å². The first-order chi connectivity index (χ1) is 33.0. The summed E-state index contributed by atoms with van der Waals surface area (Å²) in [6.07, 6.45) is 16.4. The number of rotatable bonds is 8. The van der Waals surface area contributed by atoms with Gasteiger partial charge in [0.2, 0.25) is 20.0 Å². The fourth-order valence-corrected chi connectivity index (χ4v) is 6.85. The number of aromatic nitrogens is 3. The Morgan fingerprint density at radius 1 is 0.709 bits per heavy atom. The van der Waals surface area contributed by atoms with Gasteiger partial charge < -0.3 is 48.3 Å². The Morgan fingerprint density at radius 2 is 1.08 bits per heavy atom. The van der Waals surface area contributed by atoms with Gasteiger partial charge in [-0.3, -0.25) is 12.8 Å². The van der Waals surface area contributed by atoms with Gasteiger partial charge in [0.1, 0.15) is 16.8 Å². The Labute approximate surface area is 544 Å². The van der Waals surface area contributed by atoms with Crippen LogP contribution in [0.15, 0.2) is 97.2 Å². The molecule has 2 aliphatic rings. The summed E-state index contributed by atoms with van der Waals surface area (Å²) in [6, 6.07) is 10.8. The zero-order valence-corrected chi connectivity index (χ0v) is 55.3. The van der Waals surface area contributed by atoms with E-state index in [-0.39, 0.29) is 151 Å². The van der Waals surface area contributed by atoms with Crippen molar-refractivity contribution in [3.8, 4) is 0 Å². The SMILES string of the molecule is C.C.C1CCOC1.C1CCOC1.C=CC(=O)OC(C)(C)C.CC(C)(C)OC(=O)c1cc[nH]c1.CC(C)(C)OC(=O)c1ccn(S(C)(=O)=O)c1.CS(=O)(=O)n1ccc(C(=O)O)c1.Cl.N.O.[C-]#[N+]CS(=O)(=O)c1ccc(C)cc1.[H-].[H-].[K+].[Na+]. The smallest absolute Gasteiger partial charge is 1.00 e. The number of ether oxygens (including phenoxy) is 5. The largest absolute Gasteiger partial charge is 1.00 e. The first-order valence-electron chi connectivity index (χ1n) is 22.2. The molecule has 3 aromatic heterocycles. The van der Waals surface area contributed by atoms with E-state index >= 15 is 0 Å². The molecule has 0 radical (unpaired) electrons. The van der Waals surface area contributed by atoms with Crippen LogP contribution in [0.4, 0.5) is 0 Å². The Bertz CT molecular complexity index is 2690. The van der Waals surface area contributed by atoms with Gasteiger partial charge in [0, 0.05) is 69.7 Å². The third-order valence-corrected chi connectivity index (χ3v) is 11.5. The molecule has 2 saturated heterocycles. The maximum atomic E-state index is 11.6. The number of aromatic amines is 1. The Morgan fingerprint density at radius 3 is 1.33 bits per heavy atom. The third kappa shape index (κ3) is 46.0. The predicted octanol–water partition coefficient (Wildman–Crippen LogP) is 3.23. The number of aryl methyl sites for hydroxylation is 1. The molecule has 2 fully saturated rings. The number of carbonyl (C=O) groups is 4. The molecule has 446 valence electrons. The standard InChI is InChI=1S/C10H15NO4S.C9H9NO2S.C9H13NO2.C7H12O2.C6H7NO4S.2C4H8O.2CH4.ClH.K.H3N.Na.H2O.2H/c1-10(2,3)15-9(12)8-5-6-11(7-8)16(4,13)14;1-8-3-5-9(6-4-8)13(11,12)7-10-2;1-9(2,3)12-8(11)7-4-5-10-6-7;1-5-6(8)9-7(2,3)4;1-12(10,11)7-3-2-5(4-7)6(8)9;2*1-2-4-5-3-1;;;;;;;;;/h5-7H,1-4H3;3-6H,7H2,1H3;4-6,10H,1-3H3;5H,1H2,2-4H3;2-4H,1H3,(H,8,9);2*1-4H2;2*1H4;1H;;1H3;;1H2;;/q;;;;;;;;;;+1;;+1;;2*-1.